The zero-order valence-corrected chi connectivity index (χ0v) is 16.2. The van der Waals surface area contributed by atoms with Crippen molar-refractivity contribution in [1.82, 2.24) is 20.0 Å². The van der Waals surface area contributed by atoms with E-state index < -0.39 is 0 Å². The van der Waals surface area contributed by atoms with Crippen LogP contribution < -0.4 is 5.32 Å². The third kappa shape index (κ3) is 5.07. The number of carbonyl (C=O) groups excluding carboxylic acids is 1. The molecule has 2 unspecified atom stereocenters. The number of likely N-dealkylation sites (N-methyl/N-ethyl adjacent to an activating group) is 1. The van der Waals surface area contributed by atoms with Crippen LogP contribution in [-0.2, 0) is 4.74 Å². The molecule has 2 heterocycles. The van der Waals surface area contributed by atoms with Gasteiger partial charge >= 0.3 is 6.03 Å². The van der Waals surface area contributed by atoms with Crippen molar-refractivity contribution in [3.63, 3.8) is 0 Å². The van der Waals surface area contributed by atoms with E-state index in [1.165, 1.54) is 0 Å². The molecule has 6 nitrogen and oxygen atoms in total. The molecule has 0 aromatic carbocycles. The molecule has 0 aliphatic carbocycles. The SMILES string of the molecule is CCC1(C)CN(C(=O)NCC(C(C)C)N2CCN(C)CC2)CCO1. The van der Waals surface area contributed by atoms with Gasteiger partial charge in [-0.25, -0.2) is 4.79 Å². The second-order valence-electron chi connectivity index (χ2n) is 7.91. The second-order valence-corrected chi connectivity index (χ2v) is 7.91. The molecule has 2 atom stereocenters. The predicted molar refractivity (Wildman–Crippen MR) is 97.3 cm³/mol. The standard InChI is InChI=1S/C18H36N4O2/c1-6-18(4)14-22(11-12-24-18)17(23)19-13-16(15(2)3)21-9-7-20(5)8-10-21/h15-16H,6-14H2,1-5H3,(H,19,23). The molecule has 2 aliphatic heterocycles. The lowest BCUT2D eigenvalue weighted by Crippen LogP contribution is -2.57. The molecule has 2 aliphatic rings. The molecule has 0 radical (unpaired) electrons. The van der Waals surface area contributed by atoms with Crippen molar-refractivity contribution in [2.45, 2.75) is 45.8 Å². The van der Waals surface area contributed by atoms with Crippen molar-refractivity contribution in [3.05, 3.63) is 0 Å². The maximum Gasteiger partial charge on any atom is 0.317 e. The molecule has 2 saturated heterocycles. The van der Waals surface area contributed by atoms with E-state index in [0.29, 0.717) is 31.7 Å². The molecule has 0 bridgehead atoms. The summed E-state index contributed by atoms with van der Waals surface area (Å²) < 4.78 is 5.83. The van der Waals surface area contributed by atoms with Gasteiger partial charge in [0.15, 0.2) is 0 Å². The fourth-order valence-corrected chi connectivity index (χ4v) is 3.56. The summed E-state index contributed by atoms with van der Waals surface area (Å²) in [4.78, 5) is 19.4. The van der Waals surface area contributed by atoms with E-state index in [2.05, 4.69) is 49.9 Å². The molecule has 0 aromatic rings. The van der Waals surface area contributed by atoms with Gasteiger partial charge in [-0.05, 0) is 26.3 Å². The van der Waals surface area contributed by atoms with Crippen LogP contribution in [0.15, 0.2) is 0 Å². The summed E-state index contributed by atoms with van der Waals surface area (Å²) in [6.07, 6.45) is 0.923. The Hall–Kier alpha value is -0.850. The van der Waals surface area contributed by atoms with Gasteiger partial charge in [0.05, 0.1) is 18.8 Å². The fourth-order valence-electron chi connectivity index (χ4n) is 3.56. The van der Waals surface area contributed by atoms with Crippen LogP contribution in [-0.4, -0.2) is 91.8 Å². The summed E-state index contributed by atoms with van der Waals surface area (Å²) in [6, 6.07) is 0.457. The largest absolute Gasteiger partial charge is 0.372 e. The Morgan fingerprint density at radius 2 is 1.88 bits per heavy atom. The van der Waals surface area contributed by atoms with Gasteiger partial charge in [-0.2, -0.15) is 0 Å². The number of hydrogen-bond donors (Lipinski definition) is 1. The molecule has 140 valence electrons. The van der Waals surface area contributed by atoms with Crippen LogP contribution >= 0.6 is 0 Å². The summed E-state index contributed by atoms with van der Waals surface area (Å²) in [7, 11) is 2.17. The second kappa shape index (κ2) is 8.50. The molecule has 2 rings (SSSR count). The molecule has 24 heavy (non-hydrogen) atoms. The number of urea groups is 1. The lowest BCUT2D eigenvalue weighted by molar-refractivity contribution is -0.0873. The Morgan fingerprint density at radius 1 is 1.21 bits per heavy atom. The van der Waals surface area contributed by atoms with Crippen LogP contribution in [0, 0.1) is 5.92 Å². The summed E-state index contributed by atoms with van der Waals surface area (Å²) >= 11 is 0. The summed E-state index contributed by atoms with van der Waals surface area (Å²) in [5.41, 5.74) is -0.204. The Kier molecular flexibility index (Phi) is 6.89. The minimum absolute atomic E-state index is 0.0535. The first kappa shape index (κ1) is 19.5. The van der Waals surface area contributed by atoms with Crippen LogP contribution in [0.25, 0.3) is 0 Å². The molecule has 1 N–H and O–H groups in total. The van der Waals surface area contributed by atoms with Gasteiger partial charge in [0.25, 0.3) is 0 Å². The zero-order chi connectivity index (χ0) is 17.7. The summed E-state index contributed by atoms with van der Waals surface area (Å²) in [6.45, 7) is 15.8. The van der Waals surface area contributed by atoms with E-state index in [1.807, 2.05) is 4.90 Å². The van der Waals surface area contributed by atoms with Crippen LogP contribution in [0.4, 0.5) is 4.79 Å². The van der Waals surface area contributed by atoms with Crippen molar-refractivity contribution in [2.24, 2.45) is 5.92 Å². The first-order valence-corrected chi connectivity index (χ1v) is 9.44. The molecule has 0 spiro atoms. The number of morpholine rings is 1. The van der Waals surface area contributed by atoms with Gasteiger partial charge in [-0.3, -0.25) is 4.90 Å². The molecule has 6 heteroatoms. The Morgan fingerprint density at radius 3 is 2.46 bits per heavy atom. The van der Waals surface area contributed by atoms with E-state index in [-0.39, 0.29) is 11.6 Å². The van der Waals surface area contributed by atoms with E-state index in [1.54, 1.807) is 0 Å². The van der Waals surface area contributed by atoms with Gasteiger partial charge in [-0.1, -0.05) is 20.8 Å². The van der Waals surface area contributed by atoms with Crippen LogP contribution in [0.1, 0.15) is 34.1 Å². The quantitative estimate of drug-likeness (QED) is 0.823. The number of carbonyl (C=O) groups is 1. The van der Waals surface area contributed by atoms with E-state index in [0.717, 1.165) is 39.1 Å². The maximum atomic E-state index is 12.6. The van der Waals surface area contributed by atoms with E-state index in [9.17, 15) is 4.79 Å². The number of rotatable bonds is 5. The topological polar surface area (TPSA) is 48.1 Å². The molecular weight excluding hydrogens is 304 g/mol. The van der Waals surface area contributed by atoms with E-state index >= 15 is 0 Å². The lowest BCUT2D eigenvalue weighted by atomic mass is 10.0. The minimum Gasteiger partial charge on any atom is -0.372 e. The Labute approximate surface area is 147 Å². The molecule has 0 aromatic heterocycles. The Balaban J connectivity index is 1.86. The van der Waals surface area contributed by atoms with Crippen molar-refractivity contribution in [1.29, 1.82) is 0 Å². The fraction of sp³-hybridized carbons (Fsp3) is 0.944. The number of amides is 2. The van der Waals surface area contributed by atoms with Gasteiger partial charge in [0.2, 0.25) is 0 Å². The smallest absolute Gasteiger partial charge is 0.317 e. The number of piperazine rings is 1. The van der Waals surface area contributed by atoms with Crippen molar-refractivity contribution in [2.75, 3.05) is 59.5 Å². The lowest BCUT2D eigenvalue weighted by Gasteiger charge is -2.42. The Bertz CT molecular complexity index is 410. The highest BCUT2D eigenvalue weighted by molar-refractivity contribution is 5.74. The monoisotopic (exact) mass is 340 g/mol. The molecular formula is C18H36N4O2. The first-order valence-electron chi connectivity index (χ1n) is 9.44. The van der Waals surface area contributed by atoms with Crippen LogP contribution in [0.5, 0.6) is 0 Å². The van der Waals surface area contributed by atoms with Gasteiger partial charge in [-0.15, -0.1) is 0 Å². The third-order valence-electron chi connectivity index (χ3n) is 5.61. The number of nitrogens with zero attached hydrogens (tertiary/aromatic N) is 3. The van der Waals surface area contributed by atoms with Crippen LogP contribution in [0.3, 0.4) is 0 Å². The maximum absolute atomic E-state index is 12.6. The summed E-state index contributed by atoms with van der Waals surface area (Å²) in [5, 5.41) is 3.18. The van der Waals surface area contributed by atoms with Crippen molar-refractivity contribution < 1.29 is 9.53 Å². The van der Waals surface area contributed by atoms with Gasteiger partial charge in [0.1, 0.15) is 0 Å². The van der Waals surface area contributed by atoms with Crippen molar-refractivity contribution in [3.8, 4) is 0 Å². The van der Waals surface area contributed by atoms with Crippen LogP contribution in [0.2, 0.25) is 0 Å². The third-order valence-corrected chi connectivity index (χ3v) is 5.61. The van der Waals surface area contributed by atoms with Gasteiger partial charge < -0.3 is 19.9 Å². The number of ether oxygens (including phenoxy) is 1. The zero-order valence-electron chi connectivity index (χ0n) is 16.2. The average Bonchev–Trinajstić information content (AvgIpc) is 2.56. The summed E-state index contributed by atoms with van der Waals surface area (Å²) in [5.74, 6) is 0.527. The highest BCUT2D eigenvalue weighted by atomic mass is 16.5. The highest BCUT2D eigenvalue weighted by Gasteiger charge is 2.33. The number of nitrogens with one attached hydrogen (secondary N) is 1. The van der Waals surface area contributed by atoms with Crippen molar-refractivity contribution >= 4 is 6.03 Å². The molecule has 0 saturated carbocycles. The first-order chi connectivity index (χ1) is 11.3. The van der Waals surface area contributed by atoms with E-state index in [4.69, 9.17) is 4.74 Å². The molecule has 2 fully saturated rings. The van der Waals surface area contributed by atoms with Gasteiger partial charge in [0, 0.05) is 45.3 Å². The average molecular weight is 341 g/mol. The molecule has 2 amide bonds. The minimum atomic E-state index is -0.204. The number of hydrogen-bond acceptors (Lipinski definition) is 4. The predicted octanol–water partition coefficient (Wildman–Crippen LogP) is 1.47. The highest BCUT2D eigenvalue weighted by Crippen LogP contribution is 2.21. The normalized spacial score (nSPS) is 28.2.